The molecule has 34 heavy (non-hydrogen) atoms. The second-order valence-electron chi connectivity index (χ2n) is 9.03. The average Bonchev–Trinajstić information content (AvgIpc) is 2.74. The third-order valence-electron chi connectivity index (χ3n) is 4.97. The highest BCUT2D eigenvalue weighted by Gasteiger charge is 2.31. The monoisotopic (exact) mass is 601 g/mol. The minimum absolute atomic E-state index is 0.131. The van der Waals surface area contributed by atoms with Crippen LogP contribution in [0.25, 0.3) is 0 Å². The van der Waals surface area contributed by atoms with E-state index in [1.54, 1.807) is 62.6 Å². The Bertz CT molecular complexity index is 1100. The van der Waals surface area contributed by atoms with E-state index < -0.39 is 34.1 Å². The van der Waals surface area contributed by atoms with Crippen molar-refractivity contribution in [2.75, 3.05) is 24.2 Å². The van der Waals surface area contributed by atoms with Gasteiger partial charge in [-0.05, 0) is 92.2 Å². The van der Waals surface area contributed by atoms with Crippen LogP contribution in [0.4, 0.5) is 5.69 Å². The highest BCUT2D eigenvalue weighted by atomic mass is 127. The third kappa shape index (κ3) is 8.15. The Kier molecular flexibility index (Phi) is 9.35. The lowest BCUT2D eigenvalue weighted by atomic mass is 10.1. The number of carbonyl (C=O) groups is 2. The van der Waals surface area contributed by atoms with Crippen LogP contribution in [0.3, 0.4) is 0 Å². The standard InChI is InChI=1S/C24H32IN3O5S/c1-17(23(30)26-24(2,3)4)27(15-18-7-13-21(33-5)14-8-18)22(29)16-28(34(6,31)32)20-11-9-19(25)10-12-20/h7-14,17H,15-16H2,1-6H3,(H,26,30). The lowest BCUT2D eigenvalue weighted by molar-refractivity contribution is -0.140. The molecular formula is C24H32IN3O5S. The summed E-state index contributed by atoms with van der Waals surface area (Å²) in [5, 5.41) is 2.89. The largest absolute Gasteiger partial charge is 0.497 e. The number of hydrogen-bond donors (Lipinski definition) is 1. The van der Waals surface area contributed by atoms with Gasteiger partial charge in [0, 0.05) is 15.7 Å². The first-order chi connectivity index (χ1) is 15.7. The fourth-order valence-electron chi connectivity index (χ4n) is 3.21. The number of halogens is 1. The van der Waals surface area contributed by atoms with Crippen LogP contribution in [-0.2, 0) is 26.2 Å². The van der Waals surface area contributed by atoms with Gasteiger partial charge in [-0.3, -0.25) is 13.9 Å². The van der Waals surface area contributed by atoms with E-state index in [1.165, 1.54) is 4.90 Å². The van der Waals surface area contributed by atoms with Crippen molar-refractivity contribution < 1.29 is 22.7 Å². The summed E-state index contributed by atoms with van der Waals surface area (Å²) in [5.41, 5.74) is 0.678. The first-order valence-electron chi connectivity index (χ1n) is 10.7. The van der Waals surface area contributed by atoms with Crippen LogP contribution in [0.1, 0.15) is 33.3 Å². The van der Waals surface area contributed by atoms with Crippen molar-refractivity contribution in [3.63, 3.8) is 0 Å². The first kappa shape index (κ1) is 27.9. The maximum absolute atomic E-state index is 13.5. The zero-order chi connectivity index (χ0) is 25.7. The van der Waals surface area contributed by atoms with Crippen LogP contribution in [0, 0.1) is 3.57 Å². The highest BCUT2D eigenvalue weighted by Crippen LogP contribution is 2.21. The molecule has 2 aromatic carbocycles. The van der Waals surface area contributed by atoms with Gasteiger partial charge in [-0.2, -0.15) is 0 Å². The molecule has 1 unspecified atom stereocenters. The Morgan fingerprint density at radius 3 is 2.09 bits per heavy atom. The molecule has 0 saturated carbocycles. The molecule has 8 nitrogen and oxygen atoms in total. The van der Waals surface area contributed by atoms with Gasteiger partial charge in [0.05, 0.1) is 19.1 Å². The molecule has 0 fully saturated rings. The van der Waals surface area contributed by atoms with Crippen molar-refractivity contribution in [3.05, 3.63) is 57.7 Å². The number of amides is 2. The predicted octanol–water partition coefficient (Wildman–Crippen LogP) is 3.40. The summed E-state index contributed by atoms with van der Waals surface area (Å²) in [7, 11) is -2.19. The lowest BCUT2D eigenvalue weighted by Crippen LogP contribution is -2.54. The summed E-state index contributed by atoms with van der Waals surface area (Å²) in [5.74, 6) is -0.145. The molecule has 0 aliphatic rings. The number of nitrogens with zero attached hydrogens (tertiary/aromatic N) is 2. The number of benzene rings is 2. The number of methoxy groups -OCH3 is 1. The van der Waals surface area contributed by atoms with Gasteiger partial charge < -0.3 is 15.0 Å². The summed E-state index contributed by atoms with van der Waals surface area (Å²) in [6, 6.07) is 13.2. The van der Waals surface area contributed by atoms with E-state index in [0.29, 0.717) is 11.4 Å². The van der Waals surface area contributed by atoms with Gasteiger partial charge in [0.2, 0.25) is 21.8 Å². The second-order valence-corrected chi connectivity index (χ2v) is 12.2. The normalized spacial score (nSPS) is 12.6. The summed E-state index contributed by atoms with van der Waals surface area (Å²) < 4.78 is 32.3. The Morgan fingerprint density at radius 2 is 1.62 bits per heavy atom. The van der Waals surface area contributed by atoms with Crippen LogP contribution < -0.4 is 14.4 Å². The van der Waals surface area contributed by atoms with Gasteiger partial charge >= 0.3 is 0 Å². The van der Waals surface area contributed by atoms with Gasteiger partial charge in [-0.1, -0.05) is 12.1 Å². The molecule has 186 valence electrons. The zero-order valence-corrected chi connectivity index (χ0v) is 23.3. The molecule has 2 amide bonds. The zero-order valence-electron chi connectivity index (χ0n) is 20.3. The van der Waals surface area contributed by atoms with Crippen LogP contribution in [-0.4, -0.2) is 56.6 Å². The number of nitrogens with one attached hydrogen (secondary N) is 1. The van der Waals surface area contributed by atoms with E-state index >= 15 is 0 Å². The van der Waals surface area contributed by atoms with Crippen molar-refractivity contribution in [3.8, 4) is 5.75 Å². The van der Waals surface area contributed by atoms with Crippen LogP contribution in [0.2, 0.25) is 0 Å². The molecule has 0 aliphatic carbocycles. The Labute approximate surface area is 215 Å². The fourth-order valence-corrected chi connectivity index (χ4v) is 4.41. The topological polar surface area (TPSA) is 96.0 Å². The molecule has 10 heteroatoms. The number of rotatable bonds is 9. The molecule has 0 heterocycles. The van der Waals surface area contributed by atoms with E-state index in [0.717, 1.165) is 19.7 Å². The number of carbonyl (C=O) groups excluding carboxylic acids is 2. The van der Waals surface area contributed by atoms with Gasteiger partial charge in [-0.25, -0.2) is 8.42 Å². The Balaban J connectivity index is 2.38. The molecule has 0 saturated heterocycles. The summed E-state index contributed by atoms with van der Waals surface area (Å²) in [6.07, 6.45) is 1.06. The minimum atomic E-state index is -3.75. The van der Waals surface area contributed by atoms with E-state index in [4.69, 9.17) is 4.74 Å². The average molecular weight is 602 g/mol. The smallest absolute Gasteiger partial charge is 0.244 e. The molecule has 1 atom stereocenters. The Morgan fingerprint density at radius 1 is 1.06 bits per heavy atom. The number of ether oxygens (including phenoxy) is 1. The third-order valence-corrected chi connectivity index (χ3v) is 6.83. The SMILES string of the molecule is COc1ccc(CN(C(=O)CN(c2ccc(I)cc2)S(C)(=O)=O)C(C)C(=O)NC(C)(C)C)cc1. The highest BCUT2D eigenvalue weighted by molar-refractivity contribution is 14.1. The van der Waals surface area contributed by atoms with Crippen LogP contribution in [0.15, 0.2) is 48.5 Å². The van der Waals surface area contributed by atoms with Crippen molar-refractivity contribution in [1.82, 2.24) is 10.2 Å². The fraction of sp³-hybridized carbons (Fsp3) is 0.417. The summed E-state index contributed by atoms with van der Waals surface area (Å²) >= 11 is 2.12. The molecule has 2 aromatic rings. The molecule has 1 N–H and O–H groups in total. The Hall–Kier alpha value is -2.34. The molecule has 0 aromatic heterocycles. The summed E-state index contributed by atoms with van der Waals surface area (Å²) in [6.45, 7) is 6.91. The van der Waals surface area contributed by atoms with E-state index in [2.05, 4.69) is 27.9 Å². The maximum atomic E-state index is 13.5. The van der Waals surface area contributed by atoms with Crippen molar-refractivity contribution in [1.29, 1.82) is 0 Å². The van der Waals surface area contributed by atoms with Crippen LogP contribution >= 0.6 is 22.6 Å². The maximum Gasteiger partial charge on any atom is 0.244 e. The number of hydrogen-bond acceptors (Lipinski definition) is 5. The second kappa shape index (κ2) is 11.4. The molecular weight excluding hydrogens is 569 g/mol. The first-order valence-corrected chi connectivity index (χ1v) is 13.6. The van der Waals surface area contributed by atoms with Crippen molar-refractivity contribution in [2.45, 2.75) is 45.8 Å². The molecule has 0 aliphatic heterocycles. The van der Waals surface area contributed by atoms with Gasteiger partial charge in [-0.15, -0.1) is 0 Å². The van der Waals surface area contributed by atoms with E-state index in [9.17, 15) is 18.0 Å². The van der Waals surface area contributed by atoms with Gasteiger partial charge in [0.1, 0.15) is 18.3 Å². The van der Waals surface area contributed by atoms with Crippen LogP contribution in [0.5, 0.6) is 5.75 Å². The number of sulfonamides is 1. The molecule has 0 spiro atoms. The minimum Gasteiger partial charge on any atom is -0.497 e. The summed E-state index contributed by atoms with van der Waals surface area (Å²) in [4.78, 5) is 27.8. The van der Waals surface area contributed by atoms with Gasteiger partial charge in [0.15, 0.2) is 0 Å². The van der Waals surface area contributed by atoms with Crippen molar-refractivity contribution >= 4 is 50.1 Å². The molecule has 0 radical (unpaired) electrons. The van der Waals surface area contributed by atoms with E-state index in [-0.39, 0.29) is 12.5 Å². The van der Waals surface area contributed by atoms with E-state index in [1.807, 2.05) is 20.8 Å². The quantitative estimate of drug-likeness (QED) is 0.445. The van der Waals surface area contributed by atoms with Gasteiger partial charge in [0.25, 0.3) is 0 Å². The molecule has 0 bridgehead atoms. The lowest BCUT2D eigenvalue weighted by Gasteiger charge is -2.33. The van der Waals surface area contributed by atoms with Crippen molar-refractivity contribution in [2.24, 2.45) is 0 Å². The predicted molar refractivity (Wildman–Crippen MR) is 142 cm³/mol. The molecule has 2 rings (SSSR count). The number of anilines is 1.